The van der Waals surface area contributed by atoms with Gasteiger partial charge in [-0.05, 0) is 34.1 Å². The Morgan fingerprint density at radius 3 is 2.20 bits per heavy atom. The first-order valence-corrected chi connectivity index (χ1v) is 3.93. The molecule has 49 valence electrons. The number of hydrogen-bond donors (Lipinski definition) is 1. The van der Waals surface area contributed by atoms with Gasteiger partial charge in [0.1, 0.15) is 5.75 Å². The van der Waals surface area contributed by atoms with E-state index in [-0.39, 0.29) is 35.3 Å². The SMILES string of the molecule is Oc1ccc(Br)cc1Br.[Na]. The Kier molecular flexibility index (Phi) is 5.24. The fourth-order valence-corrected chi connectivity index (χ4v) is 1.53. The molecule has 0 saturated heterocycles. The zero-order chi connectivity index (χ0) is 6.85. The molecule has 1 aromatic rings. The smallest absolute Gasteiger partial charge is 0.129 e. The molecular formula is C6H4Br2NaO. The molecular weight excluding hydrogens is 271 g/mol. The van der Waals surface area contributed by atoms with E-state index >= 15 is 0 Å². The number of phenolic OH excluding ortho intramolecular Hbond substituents is 1. The maximum Gasteiger partial charge on any atom is 0.129 e. The Hall–Kier alpha value is 0.980. The van der Waals surface area contributed by atoms with Crippen LogP contribution in [0.3, 0.4) is 0 Å². The predicted octanol–water partition coefficient (Wildman–Crippen LogP) is 2.54. The minimum atomic E-state index is 0. The molecule has 0 aliphatic rings. The molecule has 0 aliphatic heterocycles. The van der Waals surface area contributed by atoms with Gasteiger partial charge in [-0.25, -0.2) is 0 Å². The average molecular weight is 275 g/mol. The number of halogens is 2. The van der Waals surface area contributed by atoms with Crippen molar-refractivity contribution in [1.29, 1.82) is 0 Å². The molecule has 1 rings (SSSR count). The largest absolute Gasteiger partial charge is 0.507 e. The summed E-state index contributed by atoms with van der Waals surface area (Å²) in [7, 11) is 0. The van der Waals surface area contributed by atoms with E-state index in [9.17, 15) is 0 Å². The van der Waals surface area contributed by atoms with Crippen molar-refractivity contribution < 1.29 is 5.11 Å². The Balaban J connectivity index is 0.000000810. The molecule has 0 amide bonds. The van der Waals surface area contributed by atoms with Crippen LogP contribution in [0.4, 0.5) is 0 Å². The molecule has 0 aromatic heterocycles. The quantitative estimate of drug-likeness (QED) is 0.721. The first-order valence-electron chi connectivity index (χ1n) is 2.34. The van der Waals surface area contributed by atoms with Crippen molar-refractivity contribution in [2.75, 3.05) is 0 Å². The molecule has 1 nitrogen and oxygen atoms in total. The van der Waals surface area contributed by atoms with Crippen molar-refractivity contribution in [1.82, 2.24) is 0 Å². The summed E-state index contributed by atoms with van der Waals surface area (Å²) in [4.78, 5) is 0. The van der Waals surface area contributed by atoms with Gasteiger partial charge in [0.05, 0.1) is 4.47 Å². The van der Waals surface area contributed by atoms with Crippen molar-refractivity contribution >= 4 is 61.4 Å². The zero-order valence-corrected chi connectivity index (χ0v) is 10.6. The number of benzene rings is 1. The third kappa shape index (κ3) is 2.93. The third-order valence-electron chi connectivity index (χ3n) is 0.910. The second-order valence-corrected chi connectivity index (χ2v) is 3.37. The molecule has 0 heterocycles. The topological polar surface area (TPSA) is 20.2 Å². The van der Waals surface area contributed by atoms with E-state index in [0.717, 1.165) is 4.47 Å². The Labute approximate surface area is 98.4 Å². The molecule has 0 atom stereocenters. The van der Waals surface area contributed by atoms with E-state index in [1.165, 1.54) is 0 Å². The number of hydrogen-bond acceptors (Lipinski definition) is 1. The Bertz CT molecular complexity index is 227. The normalized spacial score (nSPS) is 8.60. The van der Waals surface area contributed by atoms with Crippen molar-refractivity contribution in [3.8, 4) is 5.75 Å². The molecule has 1 radical (unpaired) electrons. The summed E-state index contributed by atoms with van der Waals surface area (Å²) < 4.78 is 1.66. The van der Waals surface area contributed by atoms with Crippen molar-refractivity contribution in [2.24, 2.45) is 0 Å². The van der Waals surface area contributed by atoms with Gasteiger partial charge in [-0.2, -0.15) is 0 Å². The standard InChI is InChI=1S/C6H4Br2O.Na/c7-4-1-2-6(9)5(8)3-4;/h1-3,9H;. The minimum Gasteiger partial charge on any atom is -0.507 e. The van der Waals surface area contributed by atoms with E-state index in [0.29, 0.717) is 4.47 Å². The van der Waals surface area contributed by atoms with Crippen LogP contribution in [0, 0.1) is 0 Å². The molecule has 0 unspecified atom stereocenters. The monoisotopic (exact) mass is 273 g/mol. The first-order chi connectivity index (χ1) is 4.20. The number of phenols is 1. The van der Waals surface area contributed by atoms with Gasteiger partial charge in [-0.1, -0.05) is 15.9 Å². The summed E-state index contributed by atoms with van der Waals surface area (Å²) >= 11 is 6.42. The molecule has 1 N–H and O–H groups in total. The van der Waals surface area contributed by atoms with Gasteiger partial charge in [-0.3, -0.25) is 0 Å². The molecule has 1 aromatic carbocycles. The zero-order valence-electron chi connectivity index (χ0n) is 5.44. The van der Waals surface area contributed by atoms with Gasteiger partial charge >= 0.3 is 0 Å². The molecule has 0 fully saturated rings. The van der Waals surface area contributed by atoms with Crippen LogP contribution in [0.2, 0.25) is 0 Å². The van der Waals surface area contributed by atoms with Gasteiger partial charge in [0.2, 0.25) is 0 Å². The van der Waals surface area contributed by atoms with Gasteiger partial charge < -0.3 is 5.11 Å². The van der Waals surface area contributed by atoms with Crippen LogP contribution in [-0.4, -0.2) is 34.7 Å². The van der Waals surface area contributed by atoms with Gasteiger partial charge in [0, 0.05) is 34.0 Å². The maximum atomic E-state index is 8.98. The molecule has 0 spiro atoms. The van der Waals surface area contributed by atoms with Gasteiger partial charge in [0.25, 0.3) is 0 Å². The molecule has 4 heteroatoms. The van der Waals surface area contributed by atoms with Crippen LogP contribution < -0.4 is 0 Å². The average Bonchev–Trinajstić information content (AvgIpc) is 1.80. The molecule has 0 aliphatic carbocycles. The second kappa shape index (κ2) is 4.78. The summed E-state index contributed by atoms with van der Waals surface area (Å²) in [5.41, 5.74) is 0. The van der Waals surface area contributed by atoms with Crippen LogP contribution in [0.1, 0.15) is 0 Å². The fraction of sp³-hybridized carbons (Fsp3) is 0. The van der Waals surface area contributed by atoms with Crippen LogP contribution in [0.25, 0.3) is 0 Å². The maximum absolute atomic E-state index is 8.98. The first kappa shape index (κ1) is 11.0. The van der Waals surface area contributed by atoms with Crippen LogP contribution in [-0.2, 0) is 0 Å². The number of rotatable bonds is 0. The van der Waals surface area contributed by atoms with E-state index in [2.05, 4.69) is 31.9 Å². The van der Waals surface area contributed by atoms with E-state index < -0.39 is 0 Å². The van der Waals surface area contributed by atoms with Crippen molar-refractivity contribution in [2.45, 2.75) is 0 Å². The number of aromatic hydroxyl groups is 1. The van der Waals surface area contributed by atoms with Crippen LogP contribution in [0.5, 0.6) is 5.75 Å². The molecule has 0 bridgehead atoms. The summed E-state index contributed by atoms with van der Waals surface area (Å²) in [6.45, 7) is 0. The summed E-state index contributed by atoms with van der Waals surface area (Å²) in [5.74, 6) is 0.262. The summed E-state index contributed by atoms with van der Waals surface area (Å²) in [6.07, 6.45) is 0. The fourth-order valence-electron chi connectivity index (χ4n) is 0.481. The molecule has 10 heavy (non-hydrogen) atoms. The molecule has 0 saturated carbocycles. The van der Waals surface area contributed by atoms with Crippen LogP contribution in [0.15, 0.2) is 27.1 Å². The van der Waals surface area contributed by atoms with Crippen molar-refractivity contribution in [3.63, 3.8) is 0 Å². The predicted molar refractivity (Wildman–Crippen MR) is 49.3 cm³/mol. The van der Waals surface area contributed by atoms with E-state index in [4.69, 9.17) is 5.11 Å². The third-order valence-corrected chi connectivity index (χ3v) is 2.04. The van der Waals surface area contributed by atoms with Crippen LogP contribution >= 0.6 is 31.9 Å². The summed E-state index contributed by atoms with van der Waals surface area (Å²) in [6, 6.07) is 5.18. The van der Waals surface area contributed by atoms with E-state index in [1.54, 1.807) is 18.2 Å². The van der Waals surface area contributed by atoms with Gasteiger partial charge in [0.15, 0.2) is 0 Å². The van der Waals surface area contributed by atoms with Gasteiger partial charge in [-0.15, -0.1) is 0 Å². The minimum absolute atomic E-state index is 0. The van der Waals surface area contributed by atoms with Crippen molar-refractivity contribution in [3.05, 3.63) is 27.1 Å². The second-order valence-electron chi connectivity index (χ2n) is 1.60. The Morgan fingerprint density at radius 2 is 1.80 bits per heavy atom. The Morgan fingerprint density at radius 1 is 1.20 bits per heavy atom. The van der Waals surface area contributed by atoms with E-state index in [1.807, 2.05) is 0 Å². The summed E-state index contributed by atoms with van der Waals surface area (Å²) in [5, 5.41) is 8.98.